The molecule has 0 aliphatic carbocycles. The lowest BCUT2D eigenvalue weighted by Crippen LogP contribution is -2.09. The van der Waals surface area contributed by atoms with E-state index in [0.29, 0.717) is 0 Å². The number of hydrogen-bond donors (Lipinski definition) is 2. The van der Waals surface area contributed by atoms with E-state index >= 15 is 0 Å². The Hall–Kier alpha value is -1.32. The monoisotopic (exact) mass is 202 g/mol. The third-order valence-electron chi connectivity index (χ3n) is 1.31. The van der Waals surface area contributed by atoms with E-state index in [1.54, 1.807) is 0 Å². The van der Waals surface area contributed by atoms with Crippen molar-refractivity contribution in [2.24, 2.45) is 0 Å². The first kappa shape index (κ1) is 15.2. The van der Waals surface area contributed by atoms with Crippen LogP contribution in [0.15, 0.2) is 12.2 Å². The summed E-state index contributed by atoms with van der Waals surface area (Å²) in [6.45, 7) is 4.39. The normalized spacial score (nSPS) is 9.29. The van der Waals surface area contributed by atoms with Crippen LogP contribution in [-0.2, 0) is 9.59 Å². The summed E-state index contributed by atoms with van der Waals surface area (Å²) in [6, 6.07) is 0. The minimum atomic E-state index is -1.82. The molecule has 0 aromatic carbocycles. The summed E-state index contributed by atoms with van der Waals surface area (Å²) in [5.74, 6) is -3.65. The number of unbranched alkanes of at least 4 members (excludes halogenated alkanes) is 2. The molecule has 82 valence electrons. The molecule has 0 bridgehead atoms. The Kier molecular flexibility index (Phi) is 12.7. The molecule has 0 aromatic heterocycles. The number of aliphatic carboxylic acids is 2. The number of carboxylic acids is 2. The number of carboxylic acid groups (broad SMARTS) is 2. The van der Waals surface area contributed by atoms with Crippen molar-refractivity contribution in [1.82, 2.24) is 0 Å². The van der Waals surface area contributed by atoms with E-state index in [1.807, 2.05) is 0 Å². The van der Waals surface area contributed by atoms with Crippen molar-refractivity contribution in [2.45, 2.75) is 39.5 Å². The molecule has 0 atom stereocenters. The van der Waals surface area contributed by atoms with Gasteiger partial charge in [0.25, 0.3) is 0 Å². The molecule has 0 amide bonds. The number of allylic oxidation sites excluding steroid dienone is 2. The van der Waals surface area contributed by atoms with Crippen molar-refractivity contribution in [3.8, 4) is 0 Å². The fourth-order valence-electron chi connectivity index (χ4n) is 0.606. The van der Waals surface area contributed by atoms with Gasteiger partial charge in [-0.2, -0.15) is 0 Å². The van der Waals surface area contributed by atoms with Crippen molar-refractivity contribution in [3.63, 3.8) is 0 Å². The van der Waals surface area contributed by atoms with Gasteiger partial charge in [0.2, 0.25) is 0 Å². The molecule has 0 rings (SSSR count). The molecular weight excluding hydrogens is 184 g/mol. The van der Waals surface area contributed by atoms with Gasteiger partial charge in [0.1, 0.15) is 0 Å². The Bertz CT molecular complexity index is 173. The summed E-state index contributed by atoms with van der Waals surface area (Å²) in [7, 11) is 0. The molecule has 14 heavy (non-hydrogen) atoms. The van der Waals surface area contributed by atoms with Crippen molar-refractivity contribution in [2.75, 3.05) is 0 Å². The predicted molar refractivity (Wildman–Crippen MR) is 54.2 cm³/mol. The van der Waals surface area contributed by atoms with Crippen molar-refractivity contribution >= 4 is 11.9 Å². The molecule has 0 saturated carbocycles. The van der Waals surface area contributed by atoms with Crippen LogP contribution in [0.5, 0.6) is 0 Å². The summed E-state index contributed by atoms with van der Waals surface area (Å²) < 4.78 is 0. The molecule has 0 aliphatic heterocycles. The van der Waals surface area contributed by atoms with Gasteiger partial charge in [-0.1, -0.05) is 38.8 Å². The molecule has 0 aromatic rings. The van der Waals surface area contributed by atoms with Crippen LogP contribution < -0.4 is 0 Å². The standard InChI is InChI=1S/C8H16.C2H2O4/c1-3-5-7-8-6-4-2;3-1(4)2(5)6/h5,7H,3-4,6,8H2,1-2H3;(H,3,4)(H,5,6). The Morgan fingerprint density at radius 1 is 1.07 bits per heavy atom. The van der Waals surface area contributed by atoms with Crippen LogP contribution in [-0.4, -0.2) is 22.2 Å². The molecule has 0 radical (unpaired) electrons. The molecular formula is C10H18O4. The summed E-state index contributed by atoms with van der Waals surface area (Å²) in [5, 5.41) is 14.8. The van der Waals surface area contributed by atoms with Crippen molar-refractivity contribution < 1.29 is 19.8 Å². The van der Waals surface area contributed by atoms with Crippen LogP contribution in [0.2, 0.25) is 0 Å². The van der Waals surface area contributed by atoms with Crippen molar-refractivity contribution in [1.29, 1.82) is 0 Å². The average Bonchev–Trinajstić information content (AvgIpc) is 2.13. The van der Waals surface area contributed by atoms with Crippen molar-refractivity contribution in [3.05, 3.63) is 12.2 Å². The fraction of sp³-hybridized carbons (Fsp3) is 0.600. The summed E-state index contributed by atoms with van der Waals surface area (Å²) in [5.41, 5.74) is 0. The highest BCUT2D eigenvalue weighted by Gasteiger charge is 2.04. The SMILES string of the molecule is CCC=CCCCC.O=C(O)C(=O)O. The van der Waals surface area contributed by atoms with Gasteiger partial charge in [-0.05, 0) is 12.8 Å². The smallest absolute Gasteiger partial charge is 0.414 e. The maximum atomic E-state index is 9.10. The molecule has 0 unspecified atom stereocenters. The molecule has 0 spiro atoms. The lowest BCUT2D eigenvalue weighted by Gasteiger charge is -1.85. The van der Waals surface area contributed by atoms with Gasteiger partial charge >= 0.3 is 11.9 Å². The maximum absolute atomic E-state index is 9.10. The molecule has 0 aliphatic rings. The highest BCUT2D eigenvalue weighted by Crippen LogP contribution is 1.94. The number of rotatable bonds is 4. The molecule has 0 heterocycles. The minimum absolute atomic E-state index is 1.18. The summed E-state index contributed by atoms with van der Waals surface area (Å²) in [6.07, 6.45) is 9.61. The van der Waals surface area contributed by atoms with Gasteiger partial charge in [0, 0.05) is 0 Å². The number of carbonyl (C=O) groups is 2. The van der Waals surface area contributed by atoms with E-state index in [2.05, 4.69) is 26.0 Å². The van der Waals surface area contributed by atoms with Crippen LogP contribution in [0.1, 0.15) is 39.5 Å². The van der Waals surface area contributed by atoms with Gasteiger partial charge in [0.15, 0.2) is 0 Å². The lowest BCUT2D eigenvalue weighted by atomic mass is 10.2. The fourth-order valence-corrected chi connectivity index (χ4v) is 0.606. The molecule has 0 fully saturated rings. The third-order valence-corrected chi connectivity index (χ3v) is 1.31. The number of hydrogen-bond acceptors (Lipinski definition) is 2. The van der Waals surface area contributed by atoms with Gasteiger partial charge < -0.3 is 10.2 Å². The van der Waals surface area contributed by atoms with Crippen LogP contribution in [0.3, 0.4) is 0 Å². The summed E-state index contributed by atoms with van der Waals surface area (Å²) >= 11 is 0. The lowest BCUT2D eigenvalue weighted by molar-refractivity contribution is -0.159. The van der Waals surface area contributed by atoms with E-state index in [0.717, 1.165) is 0 Å². The quantitative estimate of drug-likeness (QED) is 0.416. The second-order valence-electron chi connectivity index (χ2n) is 2.63. The Morgan fingerprint density at radius 2 is 1.57 bits per heavy atom. The van der Waals surface area contributed by atoms with Gasteiger partial charge in [-0.15, -0.1) is 0 Å². The van der Waals surface area contributed by atoms with Gasteiger partial charge in [-0.25, -0.2) is 9.59 Å². The zero-order valence-electron chi connectivity index (χ0n) is 8.69. The highest BCUT2D eigenvalue weighted by molar-refractivity contribution is 6.27. The zero-order valence-corrected chi connectivity index (χ0v) is 8.69. The van der Waals surface area contributed by atoms with E-state index in [4.69, 9.17) is 19.8 Å². The largest absolute Gasteiger partial charge is 0.473 e. The molecule has 4 heteroatoms. The van der Waals surface area contributed by atoms with E-state index in [1.165, 1.54) is 25.7 Å². The Labute approximate surface area is 84.3 Å². The Balaban J connectivity index is 0. The van der Waals surface area contributed by atoms with Crippen LogP contribution in [0, 0.1) is 0 Å². The van der Waals surface area contributed by atoms with Gasteiger partial charge in [0.05, 0.1) is 0 Å². The van der Waals surface area contributed by atoms with E-state index < -0.39 is 11.9 Å². The Morgan fingerprint density at radius 3 is 1.86 bits per heavy atom. The third kappa shape index (κ3) is 17.0. The second-order valence-corrected chi connectivity index (χ2v) is 2.63. The van der Waals surface area contributed by atoms with E-state index in [9.17, 15) is 0 Å². The first-order chi connectivity index (χ1) is 6.56. The van der Waals surface area contributed by atoms with Crippen LogP contribution >= 0.6 is 0 Å². The van der Waals surface area contributed by atoms with E-state index in [-0.39, 0.29) is 0 Å². The highest BCUT2D eigenvalue weighted by atomic mass is 16.4. The first-order valence-corrected chi connectivity index (χ1v) is 4.67. The zero-order chi connectivity index (χ0) is 11.4. The average molecular weight is 202 g/mol. The molecule has 0 saturated heterocycles. The first-order valence-electron chi connectivity index (χ1n) is 4.67. The topological polar surface area (TPSA) is 74.6 Å². The molecule has 2 N–H and O–H groups in total. The maximum Gasteiger partial charge on any atom is 0.414 e. The minimum Gasteiger partial charge on any atom is -0.473 e. The second kappa shape index (κ2) is 11.7. The van der Waals surface area contributed by atoms with Crippen LogP contribution in [0.25, 0.3) is 0 Å². The predicted octanol–water partition coefficient (Wildman–Crippen LogP) is 2.30. The van der Waals surface area contributed by atoms with Gasteiger partial charge in [-0.3, -0.25) is 0 Å². The van der Waals surface area contributed by atoms with Crippen LogP contribution in [0.4, 0.5) is 0 Å². The summed E-state index contributed by atoms with van der Waals surface area (Å²) in [4.78, 5) is 18.2. The molecule has 4 nitrogen and oxygen atoms in total.